The molecule has 4 atom stereocenters. The van der Waals surface area contributed by atoms with Crippen molar-refractivity contribution in [2.75, 3.05) is 25.1 Å². The molecule has 0 spiro atoms. The largest absolute Gasteiger partial charge is 0.494 e. The number of allylic oxidation sites excluding steroid dienone is 2. The van der Waals surface area contributed by atoms with E-state index in [1.165, 1.54) is 11.1 Å². The maximum atomic E-state index is 6.26. The second-order valence-corrected chi connectivity index (χ2v) is 8.11. The lowest BCUT2D eigenvalue weighted by molar-refractivity contribution is 0.0681. The Morgan fingerprint density at radius 3 is 2.76 bits per heavy atom. The molecule has 29 heavy (non-hydrogen) atoms. The van der Waals surface area contributed by atoms with Gasteiger partial charge in [-0.05, 0) is 49.8 Å². The third-order valence-corrected chi connectivity index (χ3v) is 6.36. The number of nitrogens with one attached hydrogen (secondary N) is 1. The second-order valence-electron chi connectivity index (χ2n) is 8.11. The molecule has 1 saturated heterocycles. The summed E-state index contributed by atoms with van der Waals surface area (Å²) >= 11 is 0. The molecule has 1 N–H and O–H groups in total. The molecule has 152 valence electrons. The zero-order valence-corrected chi connectivity index (χ0v) is 17.0. The predicted molar refractivity (Wildman–Crippen MR) is 115 cm³/mol. The van der Waals surface area contributed by atoms with Crippen molar-refractivity contribution in [3.05, 3.63) is 65.7 Å². The first-order valence-corrected chi connectivity index (χ1v) is 10.9. The van der Waals surface area contributed by atoms with Crippen LogP contribution < -0.4 is 14.8 Å². The lowest BCUT2D eigenvalue weighted by Crippen LogP contribution is -2.30. The molecule has 1 fully saturated rings. The minimum Gasteiger partial charge on any atom is -0.494 e. The Hall–Kier alpha value is -2.46. The smallest absolute Gasteiger partial charge is 0.142 e. The van der Waals surface area contributed by atoms with E-state index in [9.17, 15) is 0 Å². The summed E-state index contributed by atoms with van der Waals surface area (Å²) < 4.78 is 18.0. The molecule has 2 heterocycles. The van der Waals surface area contributed by atoms with Gasteiger partial charge in [0.25, 0.3) is 0 Å². The molecule has 0 saturated carbocycles. The highest BCUT2D eigenvalue weighted by Crippen LogP contribution is 2.53. The van der Waals surface area contributed by atoms with Gasteiger partial charge in [-0.15, -0.1) is 0 Å². The highest BCUT2D eigenvalue weighted by molar-refractivity contribution is 5.68. The molecule has 1 aliphatic carbocycles. The van der Waals surface area contributed by atoms with Gasteiger partial charge in [-0.3, -0.25) is 0 Å². The van der Waals surface area contributed by atoms with Gasteiger partial charge in [0.05, 0.1) is 24.4 Å². The van der Waals surface area contributed by atoms with Crippen LogP contribution >= 0.6 is 0 Å². The van der Waals surface area contributed by atoms with Crippen molar-refractivity contribution < 1.29 is 14.2 Å². The van der Waals surface area contributed by atoms with Crippen LogP contribution in [0.1, 0.15) is 49.3 Å². The summed E-state index contributed by atoms with van der Waals surface area (Å²) in [5, 5.41) is 3.84. The monoisotopic (exact) mass is 391 g/mol. The number of fused-ring (bicyclic) bond motifs is 3. The van der Waals surface area contributed by atoms with Crippen LogP contribution in [0, 0.1) is 5.92 Å². The Bertz CT molecular complexity index is 887. The van der Waals surface area contributed by atoms with E-state index < -0.39 is 0 Å². The van der Waals surface area contributed by atoms with Gasteiger partial charge in [-0.1, -0.05) is 42.5 Å². The van der Waals surface area contributed by atoms with Crippen LogP contribution in [0.15, 0.2) is 54.6 Å². The molecule has 3 aliphatic rings. The fraction of sp³-hybridized carbons (Fsp3) is 0.440. The van der Waals surface area contributed by atoms with Gasteiger partial charge in [0.15, 0.2) is 0 Å². The van der Waals surface area contributed by atoms with Gasteiger partial charge < -0.3 is 19.5 Å². The van der Waals surface area contributed by atoms with E-state index in [4.69, 9.17) is 14.2 Å². The van der Waals surface area contributed by atoms with Crippen LogP contribution in [-0.2, 0) is 4.74 Å². The van der Waals surface area contributed by atoms with E-state index in [1.807, 2.05) is 13.0 Å². The molecular weight excluding hydrogens is 362 g/mol. The van der Waals surface area contributed by atoms with E-state index in [0.29, 0.717) is 25.0 Å². The van der Waals surface area contributed by atoms with Crippen LogP contribution in [0.3, 0.4) is 0 Å². The molecule has 2 aromatic carbocycles. The summed E-state index contributed by atoms with van der Waals surface area (Å²) in [6.07, 6.45) is 8.18. The number of hydrogen-bond donors (Lipinski definition) is 1. The summed E-state index contributed by atoms with van der Waals surface area (Å²) in [6, 6.07) is 15.0. The average Bonchev–Trinajstić information content (AvgIpc) is 3.44. The molecule has 0 radical (unpaired) electrons. The lowest BCUT2D eigenvalue weighted by atomic mass is 9.76. The molecule has 4 unspecified atom stereocenters. The Morgan fingerprint density at radius 2 is 1.90 bits per heavy atom. The van der Waals surface area contributed by atoms with Crippen molar-refractivity contribution >= 4 is 5.69 Å². The van der Waals surface area contributed by atoms with E-state index >= 15 is 0 Å². The van der Waals surface area contributed by atoms with Crippen molar-refractivity contribution in [1.29, 1.82) is 0 Å². The van der Waals surface area contributed by atoms with E-state index in [-0.39, 0.29) is 12.1 Å². The fourth-order valence-electron chi connectivity index (χ4n) is 5.00. The number of para-hydroxylation sites is 2. The summed E-state index contributed by atoms with van der Waals surface area (Å²) in [5.74, 6) is 2.78. The molecule has 0 aromatic heterocycles. The summed E-state index contributed by atoms with van der Waals surface area (Å²) in [7, 11) is 0. The summed E-state index contributed by atoms with van der Waals surface area (Å²) in [4.78, 5) is 0. The molecule has 2 aromatic rings. The predicted octanol–water partition coefficient (Wildman–Crippen LogP) is 5.47. The number of hydrogen-bond acceptors (Lipinski definition) is 4. The van der Waals surface area contributed by atoms with Crippen molar-refractivity contribution in [2.45, 2.75) is 44.2 Å². The van der Waals surface area contributed by atoms with Crippen molar-refractivity contribution in [3.8, 4) is 11.5 Å². The number of rotatable bonds is 6. The zero-order valence-electron chi connectivity index (χ0n) is 17.0. The molecule has 0 amide bonds. The Morgan fingerprint density at radius 1 is 1.03 bits per heavy atom. The topological polar surface area (TPSA) is 39.7 Å². The van der Waals surface area contributed by atoms with Gasteiger partial charge in [-0.2, -0.15) is 0 Å². The van der Waals surface area contributed by atoms with Gasteiger partial charge in [0.1, 0.15) is 18.1 Å². The quantitative estimate of drug-likeness (QED) is 0.663. The SMILES string of the molecule is CCOc1ccccc1C1Nc2c(OCC3CCCO3)cccc2C2C=CCC21. The summed E-state index contributed by atoms with van der Waals surface area (Å²) in [5.41, 5.74) is 3.68. The first-order valence-electron chi connectivity index (χ1n) is 10.9. The molecule has 2 aliphatic heterocycles. The molecule has 4 nitrogen and oxygen atoms in total. The van der Waals surface area contributed by atoms with Crippen molar-refractivity contribution in [1.82, 2.24) is 0 Å². The van der Waals surface area contributed by atoms with Gasteiger partial charge in [-0.25, -0.2) is 0 Å². The van der Waals surface area contributed by atoms with E-state index in [0.717, 1.165) is 43.1 Å². The van der Waals surface area contributed by atoms with Crippen LogP contribution in [0.5, 0.6) is 11.5 Å². The van der Waals surface area contributed by atoms with Crippen LogP contribution in [-0.4, -0.2) is 25.9 Å². The first kappa shape index (κ1) is 18.6. The summed E-state index contributed by atoms with van der Waals surface area (Å²) in [6.45, 7) is 4.17. The maximum absolute atomic E-state index is 6.26. The van der Waals surface area contributed by atoms with Gasteiger partial charge in [0, 0.05) is 18.1 Å². The zero-order chi connectivity index (χ0) is 19.6. The normalized spacial score (nSPS) is 27.2. The number of benzene rings is 2. The van der Waals surface area contributed by atoms with Crippen LogP contribution in [0.4, 0.5) is 5.69 Å². The second kappa shape index (κ2) is 8.11. The number of anilines is 1. The van der Waals surface area contributed by atoms with Crippen molar-refractivity contribution in [3.63, 3.8) is 0 Å². The average molecular weight is 392 g/mol. The first-order chi connectivity index (χ1) is 14.3. The van der Waals surface area contributed by atoms with Crippen LogP contribution in [0.2, 0.25) is 0 Å². The van der Waals surface area contributed by atoms with Crippen molar-refractivity contribution in [2.24, 2.45) is 5.92 Å². The molecular formula is C25H29NO3. The van der Waals surface area contributed by atoms with E-state index in [1.54, 1.807) is 0 Å². The van der Waals surface area contributed by atoms with E-state index in [2.05, 4.69) is 53.9 Å². The standard InChI is InChI=1S/C25H29NO3/c1-2-27-22-13-4-3-9-21(22)24-19-11-5-10-18(19)20-12-6-14-23(25(20)26-24)29-16-17-8-7-15-28-17/h3-6,9-10,12-14,17-19,24,26H,2,7-8,11,15-16H2,1H3. The third kappa shape index (κ3) is 3.51. The van der Waals surface area contributed by atoms with Crippen LogP contribution in [0.25, 0.3) is 0 Å². The number of ether oxygens (including phenoxy) is 3. The molecule has 4 heteroatoms. The lowest BCUT2D eigenvalue weighted by Gasteiger charge is -2.38. The Labute approximate surface area is 172 Å². The van der Waals surface area contributed by atoms with Gasteiger partial charge in [0.2, 0.25) is 0 Å². The Kier molecular flexibility index (Phi) is 5.19. The third-order valence-electron chi connectivity index (χ3n) is 6.36. The maximum Gasteiger partial charge on any atom is 0.142 e. The minimum atomic E-state index is 0.192. The van der Waals surface area contributed by atoms with Gasteiger partial charge >= 0.3 is 0 Å². The minimum absolute atomic E-state index is 0.192. The fourth-order valence-corrected chi connectivity index (χ4v) is 5.00. The Balaban J connectivity index is 1.48. The molecule has 5 rings (SSSR count). The highest BCUT2D eigenvalue weighted by Gasteiger charge is 2.40. The highest BCUT2D eigenvalue weighted by atomic mass is 16.5. The molecule has 0 bridgehead atoms.